The van der Waals surface area contributed by atoms with E-state index in [-0.39, 0.29) is 10.9 Å². The van der Waals surface area contributed by atoms with E-state index in [1.54, 1.807) is 5.01 Å². The Labute approximate surface area is 107 Å². The summed E-state index contributed by atoms with van der Waals surface area (Å²) in [5.41, 5.74) is 2.61. The van der Waals surface area contributed by atoms with Gasteiger partial charge in [0.05, 0.1) is 5.37 Å². The van der Waals surface area contributed by atoms with Crippen LogP contribution in [0.25, 0.3) is 0 Å². The Morgan fingerprint density at radius 2 is 2.38 bits per heavy atom. The summed E-state index contributed by atoms with van der Waals surface area (Å²) in [6.45, 7) is 0. The van der Waals surface area contributed by atoms with Crippen molar-refractivity contribution in [2.75, 3.05) is 0 Å². The Kier molecular flexibility index (Phi) is 4.05. The minimum absolute atomic E-state index is 0.0793. The molecule has 5 heteroatoms. The number of alkyl halides is 1. The molecule has 1 unspecified atom stereocenters. The Bertz CT molecular complexity index is 316. The lowest BCUT2D eigenvalue weighted by Crippen LogP contribution is -2.39. The standard InChI is InChI=1S/C11H18ClN3S/c12-10-5-4-8(7-14-10)6-9-2-1-3-11(16)15(9)13/h2,7,10-11,14,16H,1,3-6,13H2/t10-,11?/m1/s1. The zero-order valence-electron chi connectivity index (χ0n) is 9.19. The predicted molar refractivity (Wildman–Crippen MR) is 70.8 cm³/mol. The fourth-order valence-corrected chi connectivity index (χ4v) is 2.52. The van der Waals surface area contributed by atoms with E-state index in [4.69, 9.17) is 17.4 Å². The Morgan fingerprint density at radius 3 is 3.06 bits per heavy atom. The zero-order chi connectivity index (χ0) is 11.5. The SMILES string of the molecule is NN1C(CC2=CN[C@@H](Cl)CC2)=CCCC1S. The fourth-order valence-electron chi connectivity index (χ4n) is 2.05. The van der Waals surface area contributed by atoms with Gasteiger partial charge < -0.3 is 10.3 Å². The van der Waals surface area contributed by atoms with E-state index in [0.717, 1.165) is 32.1 Å². The molecular formula is C11H18ClN3S. The second-order valence-corrected chi connectivity index (χ2v) is 5.44. The number of hydrazine groups is 1. The van der Waals surface area contributed by atoms with E-state index in [9.17, 15) is 0 Å². The van der Waals surface area contributed by atoms with Crippen LogP contribution in [0.3, 0.4) is 0 Å². The number of hydrogen-bond acceptors (Lipinski definition) is 4. The Balaban J connectivity index is 1.97. The molecule has 2 aliphatic heterocycles. The van der Waals surface area contributed by atoms with Gasteiger partial charge in [-0.05, 0) is 37.5 Å². The molecule has 0 radical (unpaired) electrons. The molecule has 0 saturated carbocycles. The van der Waals surface area contributed by atoms with Gasteiger partial charge in [0.1, 0.15) is 5.50 Å². The molecule has 0 amide bonds. The number of nitrogens with two attached hydrogens (primary N) is 1. The zero-order valence-corrected chi connectivity index (χ0v) is 10.8. The molecule has 2 rings (SSSR count). The van der Waals surface area contributed by atoms with Crippen molar-refractivity contribution in [3.05, 3.63) is 23.5 Å². The van der Waals surface area contributed by atoms with Gasteiger partial charge in [-0.3, -0.25) is 0 Å². The molecule has 0 bridgehead atoms. The third kappa shape index (κ3) is 2.87. The van der Waals surface area contributed by atoms with Crippen LogP contribution in [0, 0.1) is 0 Å². The molecule has 0 aromatic rings. The molecule has 0 saturated heterocycles. The van der Waals surface area contributed by atoms with Crippen LogP contribution in [0.15, 0.2) is 23.5 Å². The highest BCUT2D eigenvalue weighted by molar-refractivity contribution is 7.80. The second kappa shape index (κ2) is 5.34. The largest absolute Gasteiger partial charge is 0.375 e. The lowest BCUT2D eigenvalue weighted by Gasteiger charge is -2.32. The van der Waals surface area contributed by atoms with Crippen LogP contribution in [0.5, 0.6) is 0 Å². The first-order valence-corrected chi connectivity index (χ1v) is 6.61. The van der Waals surface area contributed by atoms with E-state index in [1.807, 2.05) is 6.20 Å². The Hall–Kier alpha value is -0.320. The molecule has 3 N–H and O–H groups in total. The van der Waals surface area contributed by atoms with Crippen LogP contribution in [0.2, 0.25) is 0 Å². The monoisotopic (exact) mass is 259 g/mol. The first kappa shape index (κ1) is 12.1. The maximum Gasteiger partial charge on any atom is 0.101 e. The van der Waals surface area contributed by atoms with Crippen LogP contribution < -0.4 is 11.2 Å². The van der Waals surface area contributed by atoms with Crippen molar-refractivity contribution in [2.24, 2.45) is 5.84 Å². The van der Waals surface area contributed by atoms with Gasteiger partial charge in [-0.25, -0.2) is 5.84 Å². The van der Waals surface area contributed by atoms with Crippen molar-refractivity contribution >= 4 is 24.2 Å². The second-order valence-electron chi connectivity index (χ2n) is 4.31. The molecular weight excluding hydrogens is 242 g/mol. The van der Waals surface area contributed by atoms with Crippen molar-refractivity contribution in [3.63, 3.8) is 0 Å². The highest BCUT2D eigenvalue weighted by Crippen LogP contribution is 2.27. The normalized spacial score (nSPS) is 30.6. The van der Waals surface area contributed by atoms with Gasteiger partial charge in [0.25, 0.3) is 0 Å². The van der Waals surface area contributed by atoms with E-state index in [2.05, 4.69) is 24.0 Å². The topological polar surface area (TPSA) is 41.3 Å². The average molecular weight is 260 g/mol. The van der Waals surface area contributed by atoms with Gasteiger partial charge in [-0.2, -0.15) is 12.6 Å². The predicted octanol–water partition coefficient (Wildman–Crippen LogP) is 2.32. The summed E-state index contributed by atoms with van der Waals surface area (Å²) in [6, 6.07) is 0. The minimum atomic E-state index is 0.0793. The number of halogens is 1. The summed E-state index contributed by atoms with van der Waals surface area (Å²) in [7, 11) is 0. The number of nitrogens with zero attached hydrogens (tertiary/aromatic N) is 1. The van der Waals surface area contributed by atoms with Gasteiger partial charge >= 0.3 is 0 Å². The molecule has 2 heterocycles. The summed E-state index contributed by atoms with van der Waals surface area (Å²) in [5.74, 6) is 5.98. The lowest BCUT2D eigenvalue weighted by atomic mass is 10.0. The third-order valence-electron chi connectivity index (χ3n) is 3.05. The molecule has 16 heavy (non-hydrogen) atoms. The summed E-state index contributed by atoms with van der Waals surface area (Å²) in [5, 5.41) is 5.07. The smallest absolute Gasteiger partial charge is 0.101 e. The summed E-state index contributed by atoms with van der Waals surface area (Å²) >= 11 is 10.4. The number of rotatable bonds is 2. The number of thiol groups is 1. The van der Waals surface area contributed by atoms with Crippen molar-refractivity contribution in [1.82, 2.24) is 10.3 Å². The number of hydrogen-bond donors (Lipinski definition) is 3. The van der Waals surface area contributed by atoms with Gasteiger partial charge in [-0.1, -0.05) is 17.7 Å². The van der Waals surface area contributed by atoms with Crippen LogP contribution >= 0.6 is 24.2 Å². The van der Waals surface area contributed by atoms with Crippen molar-refractivity contribution in [3.8, 4) is 0 Å². The molecule has 2 aliphatic rings. The van der Waals surface area contributed by atoms with Gasteiger partial charge in [0.15, 0.2) is 0 Å². The molecule has 0 fully saturated rings. The van der Waals surface area contributed by atoms with Crippen molar-refractivity contribution in [2.45, 2.75) is 43.0 Å². The molecule has 0 aromatic heterocycles. The van der Waals surface area contributed by atoms with Gasteiger partial charge in [0.2, 0.25) is 0 Å². The van der Waals surface area contributed by atoms with E-state index in [1.165, 1.54) is 11.3 Å². The lowest BCUT2D eigenvalue weighted by molar-refractivity contribution is 0.300. The van der Waals surface area contributed by atoms with Gasteiger partial charge in [-0.15, -0.1) is 0 Å². The summed E-state index contributed by atoms with van der Waals surface area (Å²) < 4.78 is 0. The third-order valence-corrected chi connectivity index (χ3v) is 3.90. The van der Waals surface area contributed by atoms with Crippen LogP contribution in [-0.4, -0.2) is 15.9 Å². The quantitative estimate of drug-likeness (QED) is 0.309. The van der Waals surface area contributed by atoms with Crippen LogP contribution in [0.4, 0.5) is 0 Å². The highest BCUT2D eigenvalue weighted by atomic mass is 35.5. The van der Waals surface area contributed by atoms with Gasteiger partial charge in [0, 0.05) is 12.1 Å². The van der Waals surface area contributed by atoms with Crippen LogP contribution in [0.1, 0.15) is 32.1 Å². The van der Waals surface area contributed by atoms with E-state index < -0.39 is 0 Å². The molecule has 3 nitrogen and oxygen atoms in total. The van der Waals surface area contributed by atoms with E-state index in [0.29, 0.717) is 0 Å². The molecule has 0 spiro atoms. The average Bonchev–Trinajstić information content (AvgIpc) is 2.28. The molecule has 0 aromatic carbocycles. The molecule has 2 atom stereocenters. The van der Waals surface area contributed by atoms with E-state index >= 15 is 0 Å². The highest BCUT2D eigenvalue weighted by Gasteiger charge is 2.20. The first-order valence-electron chi connectivity index (χ1n) is 5.66. The molecule has 90 valence electrons. The van der Waals surface area contributed by atoms with Crippen LogP contribution in [-0.2, 0) is 0 Å². The summed E-state index contributed by atoms with van der Waals surface area (Å²) in [6.07, 6.45) is 9.25. The Morgan fingerprint density at radius 1 is 1.56 bits per heavy atom. The molecule has 0 aliphatic carbocycles. The van der Waals surface area contributed by atoms with Crippen molar-refractivity contribution in [1.29, 1.82) is 0 Å². The first-order chi connectivity index (χ1) is 7.66. The maximum absolute atomic E-state index is 5.98. The fraction of sp³-hybridized carbons (Fsp3) is 0.636. The minimum Gasteiger partial charge on any atom is -0.375 e. The van der Waals surface area contributed by atoms with Crippen molar-refractivity contribution < 1.29 is 0 Å². The summed E-state index contributed by atoms with van der Waals surface area (Å²) in [4.78, 5) is 0. The maximum atomic E-state index is 5.98. The number of nitrogens with one attached hydrogen (secondary N) is 1. The number of allylic oxidation sites excluding steroid dienone is 2.